The van der Waals surface area contributed by atoms with Gasteiger partial charge in [-0.2, -0.15) is 5.10 Å². The normalized spacial score (nSPS) is 20.0. The molecule has 0 aromatic carbocycles. The van der Waals surface area contributed by atoms with Crippen LogP contribution in [-0.4, -0.2) is 33.7 Å². The standard InChI is InChI=1S/C12H20N2O2/c1-9-10(2)13-14(11(9)3)8-12(15)4-6-16-7-5-12/h15H,4-8H2,1-3H3. The molecule has 16 heavy (non-hydrogen) atoms. The number of aromatic nitrogens is 2. The molecule has 90 valence electrons. The van der Waals surface area contributed by atoms with Crippen molar-refractivity contribution >= 4 is 0 Å². The SMILES string of the molecule is Cc1nn(CC2(O)CCOCC2)c(C)c1C. The highest BCUT2D eigenvalue weighted by Gasteiger charge is 2.31. The van der Waals surface area contributed by atoms with Crippen molar-refractivity contribution in [1.29, 1.82) is 0 Å². The maximum absolute atomic E-state index is 10.4. The fourth-order valence-corrected chi connectivity index (χ4v) is 2.13. The highest BCUT2D eigenvalue weighted by molar-refractivity contribution is 5.22. The highest BCUT2D eigenvalue weighted by Crippen LogP contribution is 2.24. The average Bonchev–Trinajstić information content (AvgIpc) is 2.47. The molecule has 0 bridgehead atoms. The third kappa shape index (κ3) is 2.13. The van der Waals surface area contributed by atoms with Crippen LogP contribution in [0.4, 0.5) is 0 Å². The minimum Gasteiger partial charge on any atom is -0.388 e. The molecule has 2 heterocycles. The van der Waals surface area contributed by atoms with E-state index in [0.29, 0.717) is 32.6 Å². The number of rotatable bonds is 2. The Bertz CT molecular complexity index is 379. The van der Waals surface area contributed by atoms with Gasteiger partial charge in [-0.25, -0.2) is 0 Å². The summed E-state index contributed by atoms with van der Waals surface area (Å²) >= 11 is 0. The van der Waals surface area contributed by atoms with Crippen molar-refractivity contribution in [1.82, 2.24) is 9.78 Å². The minimum atomic E-state index is -0.645. The third-order valence-corrected chi connectivity index (χ3v) is 3.61. The van der Waals surface area contributed by atoms with E-state index in [1.807, 2.05) is 11.6 Å². The molecule has 1 aliphatic heterocycles. The van der Waals surface area contributed by atoms with Crippen molar-refractivity contribution in [3.63, 3.8) is 0 Å². The van der Waals surface area contributed by atoms with E-state index < -0.39 is 5.60 Å². The molecular weight excluding hydrogens is 204 g/mol. The molecule has 4 heteroatoms. The zero-order valence-corrected chi connectivity index (χ0v) is 10.3. The van der Waals surface area contributed by atoms with Gasteiger partial charge < -0.3 is 9.84 Å². The van der Waals surface area contributed by atoms with Crippen LogP contribution in [0.3, 0.4) is 0 Å². The Morgan fingerprint density at radius 1 is 1.31 bits per heavy atom. The molecular formula is C12H20N2O2. The highest BCUT2D eigenvalue weighted by atomic mass is 16.5. The zero-order chi connectivity index (χ0) is 11.8. The van der Waals surface area contributed by atoms with Gasteiger partial charge in [-0.05, 0) is 26.3 Å². The van der Waals surface area contributed by atoms with Gasteiger partial charge in [0.2, 0.25) is 0 Å². The summed E-state index contributed by atoms with van der Waals surface area (Å²) in [6.45, 7) is 8.01. The fourth-order valence-electron chi connectivity index (χ4n) is 2.13. The van der Waals surface area contributed by atoms with E-state index in [-0.39, 0.29) is 0 Å². The summed E-state index contributed by atoms with van der Waals surface area (Å²) in [6, 6.07) is 0. The van der Waals surface area contributed by atoms with Crippen molar-refractivity contribution in [3.05, 3.63) is 17.0 Å². The van der Waals surface area contributed by atoms with E-state index in [2.05, 4.69) is 18.9 Å². The molecule has 0 radical (unpaired) electrons. The molecule has 1 N–H and O–H groups in total. The van der Waals surface area contributed by atoms with Crippen LogP contribution >= 0.6 is 0 Å². The van der Waals surface area contributed by atoms with E-state index in [0.717, 1.165) is 11.4 Å². The summed E-state index contributed by atoms with van der Waals surface area (Å²) in [5, 5.41) is 14.9. The van der Waals surface area contributed by atoms with Crippen LogP contribution in [0, 0.1) is 20.8 Å². The lowest BCUT2D eigenvalue weighted by molar-refractivity contribution is -0.0748. The van der Waals surface area contributed by atoms with Gasteiger partial charge in [-0.1, -0.05) is 0 Å². The van der Waals surface area contributed by atoms with E-state index in [9.17, 15) is 5.11 Å². The predicted molar refractivity (Wildman–Crippen MR) is 61.4 cm³/mol. The lowest BCUT2D eigenvalue weighted by Gasteiger charge is -2.32. The first-order chi connectivity index (χ1) is 7.52. The Hall–Kier alpha value is -0.870. The molecule has 0 amide bonds. The minimum absolute atomic E-state index is 0.580. The Balaban J connectivity index is 2.16. The Morgan fingerprint density at radius 2 is 1.94 bits per heavy atom. The number of ether oxygens (including phenoxy) is 1. The van der Waals surface area contributed by atoms with E-state index in [1.54, 1.807) is 0 Å². The Morgan fingerprint density at radius 3 is 2.44 bits per heavy atom. The molecule has 1 aromatic rings. The topological polar surface area (TPSA) is 47.3 Å². The second-order valence-electron chi connectivity index (χ2n) is 4.79. The summed E-state index contributed by atoms with van der Waals surface area (Å²) in [7, 11) is 0. The van der Waals surface area contributed by atoms with Crippen molar-refractivity contribution in [2.75, 3.05) is 13.2 Å². The molecule has 0 saturated carbocycles. The summed E-state index contributed by atoms with van der Waals surface area (Å²) in [4.78, 5) is 0. The van der Waals surface area contributed by atoms with Gasteiger partial charge in [0.05, 0.1) is 17.8 Å². The molecule has 0 spiro atoms. The summed E-state index contributed by atoms with van der Waals surface area (Å²) < 4.78 is 7.20. The van der Waals surface area contributed by atoms with Crippen LogP contribution < -0.4 is 0 Å². The predicted octanol–water partition coefficient (Wildman–Crippen LogP) is 1.35. The molecule has 1 aliphatic rings. The van der Waals surface area contributed by atoms with Gasteiger partial charge in [-0.3, -0.25) is 4.68 Å². The summed E-state index contributed by atoms with van der Waals surface area (Å²) in [6.07, 6.45) is 1.40. The number of nitrogens with zero attached hydrogens (tertiary/aromatic N) is 2. The van der Waals surface area contributed by atoms with Gasteiger partial charge in [-0.15, -0.1) is 0 Å². The number of hydrogen-bond acceptors (Lipinski definition) is 3. The molecule has 2 rings (SSSR count). The molecule has 1 fully saturated rings. The lowest BCUT2D eigenvalue weighted by atomic mass is 9.94. The maximum atomic E-state index is 10.4. The number of aliphatic hydroxyl groups is 1. The number of hydrogen-bond donors (Lipinski definition) is 1. The van der Waals surface area contributed by atoms with Crippen LogP contribution in [0.25, 0.3) is 0 Å². The van der Waals surface area contributed by atoms with Gasteiger partial charge in [0.1, 0.15) is 0 Å². The smallest absolute Gasteiger partial charge is 0.0886 e. The maximum Gasteiger partial charge on any atom is 0.0886 e. The number of aryl methyl sites for hydroxylation is 1. The van der Waals surface area contributed by atoms with E-state index >= 15 is 0 Å². The Labute approximate surface area is 96.2 Å². The van der Waals surface area contributed by atoms with Crippen LogP contribution in [0.5, 0.6) is 0 Å². The van der Waals surface area contributed by atoms with Crippen molar-refractivity contribution in [3.8, 4) is 0 Å². The fraction of sp³-hybridized carbons (Fsp3) is 0.750. The molecule has 0 aliphatic carbocycles. The lowest BCUT2D eigenvalue weighted by Crippen LogP contribution is -2.40. The van der Waals surface area contributed by atoms with Crippen molar-refractivity contribution < 1.29 is 9.84 Å². The second kappa shape index (κ2) is 4.18. The molecule has 0 unspecified atom stereocenters. The molecule has 1 aromatic heterocycles. The quantitative estimate of drug-likeness (QED) is 0.825. The summed E-state index contributed by atoms with van der Waals surface area (Å²) in [5.41, 5.74) is 2.77. The van der Waals surface area contributed by atoms with Crippen LogP contribution in [0.2, 0.25) is 0 Å². The third-order valence-electron chi connectivity index (χ3n) is 3.61. The van der Waals surface area contributed by atoms with Crippen molar-refractivity contribution in [2.45, 2.75) is 45.8 Å². The average molecular weight is 224 g/mol. The largest absolute Gasteiger partial charge is 0.388 e. The van der Waals surface area contributed by atoms with Gasteiger partial charge in [0, 0.05) is 31.7 Å². The van der Waals surface area contributed by atoms with Crippen molar-refractivity contribution in [2.24, 2.45) is 0 Å². The molecule has 4 nitrogen and oxygen atoms in total. The zero-order valence-electron chi connectivity index (χ0n) is 10.3. The van der Waals surface area contributed by atoms with Crippen LogP contribution in [0.15, 0.2) is 0 Å². The second-order valence-corrected chi connectivity index (χ2v) is 4.79. The molecule has 0 atom stereocenters. The van der Waals surface area contributed by atoms with Gasteiger partial charge in [0.25, 0.3) is 0 Å². The first-order valence-corrected chi connectivity index (χ1v) is 5.83. The first kappa shape index (κ1) is 11.6. The Kier molecular flexibility index (Phi) is 3.04. The summed E-state index contributed by atoms with van der Waals surface area (Å²) in [5.74, 6) is 0. The van der Waals surface area contributed by atoms with Gasteiger partial charge >= 0.3 is 0 Å². The molecule has 1 saturated heterocycles. The van der Waals surface area contributed by atoms with Gasteiger partial charge in [0.15, 0.2) is 0 Å². The monoisotopic (exact) mass is 224 g/mol. The first-order valence-electron chi connectivity index (χ1n) is 5.83. The van der Waals surface area contributed by atoms with E-state index in [4.69, 9.17) is 4.74 Å². The van der Waals surface area contributed by atoms with Crippen LogP contribution in [0.1, 0.15) is 29.8 Å². The van der Waals surface area contributed by atoms with Crippen LogP contribution in [-0.2, 0) is 11.3 Å². The van der Waals surface area contributed by atoms with E-state index in [1.165, 1.54) is 5.56 Å².